The van der Waals surface area contributed by atoms with Gasteiger partial charge in [0.2, 0.25) is 6.43 Å². The number of piperazine rings is 1. The summed E-state index contributed by atoms with van der Waals surface area (Å²) in [6, 6.07) is 3.27. The average Bonchev–Trinajstić information content (AvgIpc) is 2.53. The van der Waals surface area contributed by atoms with Gasteiger partial charge in [-0.25, -0.2) is 8.78 Å². The largest absolute Gasteiger partial charge is 0.495 e. The summed E-state index contributed by atoms with van der Waals surface area (Å²) in [6.07, 6.45) is -2.56. The summed E-state index contributed by atoms with van der Waals surface area (Å²) < 4.78 is 37.5. The quantitative estimate of drug-likeness (QED) is 0.824. The molecule has 1 aliphatic heterocycles. The molecule has 7 heteroatoms. The molecule has 0 bridgehead atoms. The highest BCUT2D eigenvalue weighted by atomic mass is 79.9. The molecule has 1 aromatic carbocycles. The fourth-order valence-corrected chi connectivity index (χ4v) is 3.29. The van der Waals surface area contributed by atoms with Crippen molar-refractivity contribution in [3.8, 4) is 11.5 Å². The van der Waals surface area contributed by atoms with Crippen molar-refractivity contribution in [2.75, 3.05) is 40.4 Å². The van der Waals surface area contributed by atoms with Gasteiger partial charge in [0.15, 0.2) is 0 Å². The van der Waals surface area contributed by atoms with Crippen LogP contribution in [-0.4, -0.2) is 51.7 Å². The lowest BCUT2D eigenvalue weighted by molar-refractivity contribution is 0.0737. The van der Waals surface area contributed by atoms with E-state index in [4.69, 9.17) is 9.47 Å². The first-order valence-electron chi connectivity index (χ1n) is 7.21. The molecule has 0 spiro atoms. The summed E-state index contributed by atoms with van der Waals surface area (Å²) >= 11 is 3.41. The lowest BCUT2D eigenvalue weighted by Crippen LogP contribution is -2.45. The zero-order chi connectivity index (χ0) is 16.1. The summed E-state index contributed by atoms with van der Waals surface area (Å²) in [7, 11) is 3.10. The Morgan fingerprint density at radius 1 is 1.18 bits per heavy atom. The van der Waals surface area contributed by atoms with Crippen LogP contribution >= 0.6 is 15.9 Å². The minimum absolute atomic E-state index is 0.200. The van der Waals surface area contributed by atoms with Crippen LogP contribution in [0.1, 0.15) is 18.0 Å². The highest BCUT2D eigenvalue weighted by molar-refractivity contribution is 9.10. The maximum Gasteiger partial charge on any atom is 0.240 e. The molecule has 1 fully saturated rings. The minimum Gasteiger partial charge on any atom is -0.495 e. The zero-order valence-electron chi connectivity index (χ0n) is 12.7. The Labute approximate surface area is 137 Å². The van der Waals surface area contributed by atoms with E-state index in [1.165, 1.54) is 0 Å². The van der Waals surface area contributed by atoms with Crippen LogP contribution in [0.4, 0.5) is 8.78 Å². The molecule has 22 heavy (non-hydrogen) atoms. The Balaban J connectivity index is 2.37. The number of alkyl halides is 2. The van der Waals surface area contributed by atoms with Crippen molar-refractivity contribution in [1.29, 1.82) is 0 Å². The third kappa shape index (κ3) is 4.08. The van der Waals surface area contributed by atoms with E-state index >= 15 is 0 Å². The number of benzene rings is 1. The summed E-state index contributed by atoms with van der Waals surface area (Å²) in [5.41, 5.74) is 0.791. The second kappa shape index (κ2) is 8.08. The predicted octanol–water partition coefficient (Wildman–Crippen LogP) is 3.07. The molecule has 1 atom stereocenters. The van der Waals surface area contributed by atoms with Gasteiger partial charge in [-0.1, -0.05) is 0 Å². The number of hydrogen-bond acceptors (Lipinski definition) is 4. The van der Waals surface area contributed by atoms with E-state index in [0.717, 1.165) is 31.7 Å². The van der Waals surface area contributed by atoms with Gasteiger partial charge >= 0.3 is 0 Å². The molecule has 0 aliphatic carbocycles. The van der Waals surface area contributed by atoms with Gasteiger partial charge in [-0.2, -0.15) is 0 Å². The Kier molecular flexibility index (Phi) is 6.40. The Bertz CT molecular complexity index is 471. The minimum atomic E-state index is -2.36. The lowest BCUT2D eigenvalue weighted by atomic mass is 10.0. The Morgan fingerprint density at radius 3 is 2.18 bits per heavy atom. The first-order valence-corrected chi connectivity index (χ1v) is 8.00. The highest BCUT2D eigenvalue weighted by Crippen LogP contribution is 2.39. The van der Waals surface area contributed by atoms with Crippen molar-refractivity contribution in [2.45, 2.75) is 18.9 Å². The molecule has 2 rings (SSSR count). The predicted molar refractivity (Wildman–Crippen MR) is 85.1 cm³/mol. The second-order valence-electron chi connectivity index (χ2n) is 5.17. The molecule has 4 nitrogen and oxygen atoms in total. The topological polar surface area (TPSA) is 33.7 Å². The average molecular weight is 379 g/mol. The third-order valence-corrected chi connectivity index (χ3v) is 4.63. The third-order valence-electron chi connectivity index (χ3n) is 3.85. The molecule has 0 unspecified atom stereocenters. The first-order chi connectivity index (χ1) is 10.6. The molecule has 1 N–H and O–H groups in total. The number of hydrogen-bond donors (Lipinski definition) is 1. The van der Waals surface area contributed by atoms with Crippen molar-refractivity contribution in [3.05, 3.63) is 22.2 Å². The van der Waals surface area contributed by atoms with Crippen molar-refractivity contribution >= 4 is 15.9 Å². The molecular weight excluding hydrogens is 358 g/mol. The Morgan fingerprint density at radius 2 is 1.73 bits per heavy atom. The monoisotopic (exact) mass is 378 g/mol. The molecular formula is C15H21BrF2N2O2. The molecule has 0 radical (unpaired) electrons. The van der Waals surface area contributed by atoms with Gasteiger partial charge in [0, 0.05) is 38.6 Å². The van der Waals surface area contributed by atoms with Crippen molar-refractivity contribution in [3.63, 3.8) is 0 Å². The van der Waals surface area contributed by atoms with Gasteiger partial charge in [-0.05, 0) is 33.6 Å². The standard InChI is InChI=1S/C15H21BrF2N2O2/c1-21-12-7-10(8-13(22-2)15(12)16)11(9-14(17)18)20-5-3-19-4-6-20/h7-8,11,14,19H,3-6,9H2,1-2H3/t11-/m1/s1. The van der Waals surface area contributed by atoms with Crippen LogP contribution in [0.15, 0.2) is 16.6 Å². The van der Waals surface area contributed by atoms with E-state index < -0.39 is 6.43 Å². The van der Waals surface area contributed by atoms with E-state index in [0.29, 0.717) is 16.0 Å². The molecule has 1 heterocycles. The molecule has 1 aromatic rings. The normalized spacial score (nSPS) is 17.5. The van der Waals surface area contributed by atoms with Crippen LogP contribution in [-0.2, 0) is 0 Å². The van der Waals surface area contributed by atoms with E-state index in [9.17, 15) is 8.78 Å². The number of nitrogens with zero attached hydrogens (tertiary/aromatic N) is 1. The number of methoxy groups -OCH3 is 2. The van der Waals surface area contributed by atoms with Crippen molar-refractivity contribution in [2.24, 2.45) is 0 Å². The number of rotatable bonds is 6. The van der Waals surface area contributed by atoms with Crippen molar-refractivity contribution in [1.82, 2.24) is 10.2 Å². The maximum absolute atomic E-state index is 13.1. The van der Waals surface area contributed by atoms with E-state index in [2.05, 4.69) is 26.1 Å². The molecule has 0 amide bonds. The van der Waals surface area contributed by atoms with Crippen molar-refractivity contribution < 1.29 is 18.3 Å². The smallest absolute Gasteiger partial charge is 0.240 e. The number of ether oxygens (including phenoxy) is 2. The molecule has 124 valence electrons. The molecule has 0 aromatic heterocycles. The van der Waals surface area contributed by atoms with Crippen LogP contribution in [0.3, 0.4) is 0 Å². The van der Waals surface area contributed by atoms with Crippen LogP contribution < -0.4 is 14.8 Å². The molecule has 0 saturated carbocycles. The maximum atomic E-state index is 13.1. The van der Waals surface area contributed by atoms with E-state index in [1.54, 1.807) is 14.2 Å². The van der Waals surface area contributed by atoms with Crippen LogP contribution in [0.25, 0.3) is 0 Å². The van der Waals surface area contributed by atoms with Gasteiger partial charge in [0.05, 0.1) is 14.2 Å². The second-order valence-corrected chi connectivity index (χ2v) is 5.96. The Hall–Kier alpha value is -0.920. The van der Waals surface area contributed by atoms with Gasteiger partial charge in [0.1, 0.15) is 16.0 Å². The van der Waals surface area contributed by atoms with Gasteiger partial charge < -0.3 is 14.8 Å². The fourth-order valence-electron chi connectivity index (χ4n) is 2.74. The van der Waals surface area contributed by atoms with Crippen LogP contribution in [0.2, 0.25) is 0 Å². The number of halogens is 3. The van der Waals surface area contributed by atoms with Gasteiger partial charge in [-0.15, -0.1) is 0 Å². The summed E-state index contributed by atoms with van der Waals surface area (Å²) in [5, 5.41) is 3.24. The summed E-state index contributed by atoms with van der Waals surface area (Å²) in [5.74, 6) is 1.17. The SMILES string of the molecule is COc1cc([C@@H](CC(F)F)N2CCNCC2)cc(OC)c1Br. The van der Waals surface area contributed by atoms with Gasteiger partial charge in [-0.3, -0.25) is 4.90 Å². The van der Waals surface area contributed by atoms with Gasteiger partial charge in [0.25, 0.3) is 0 Å². The summed E-state index contributed by atoms with van der Waals surface area (Å²) in [4.78, 5) is 2.09. The highest BCUT2D eigenvalue weighted by Gasteiger charge is 2.27. The lowest BCUT2D eigenvalue weighted by Gasteiger charge is -2.35. The van der Waals surface area contributed by atoms with E-state index in [-0.39, 0.29) is 12.5 Å². The van der Waals surface area contributed by atoms with Crippen LogP contribution in [0.5, 0.6) is 11.5 Å². The van der Waals surface area contributed by atoms with E-state index in [1.807, 2.05) is 12.1 Å². The molecule has 1 aliphatic rings. The fraction of sp³-hybridized carbons (Fsp3) is 0.600. The number of nitrogens with one attached hydrogen (secondary N) is 1. The van der Waals surface area contributed by atoms with Crippen LogP contribution in [0, 0.1) is 0 Å². The first kappa shape index (κ1) is 17.4. The zero-order valence-corrected chi connectivity index (χ0v) is 14.3. The molecule has 1 saturated heterocycles. The summed E-state index contributed by atoms with van der Waals surface area (Å²) in [6.45, 7) is 3.12.